The molecule has 0 saturated heterocycles. The molecule has 100 valence electrons. The number of rotatable bonds is 6. The Balaban J connectivity index is 2.66. The van der Waals surface area contributed by atoms with Gasteiger partial charge in [-0.15, -0.1) is 0 Å². The van der Waals surface area contributed by atoms with Crippen molar-refractivity contribution in [1.82, 2.24) is 15.1 Å². The van der Waals surface area contributed by atoms with E-state index in [-0.39, 0.29) is 5.97 Å². The normalized spacial score (nSPS) is 10.2. The number of hydrogen-bond donors (Lipinski definition) is 1. The van der Waals surface area contributed by atoms with Gasteiger partial charge in [0.2, 0.25) is 0 Å². The zero-order valence-corrected chi connectivity index (χ0v) is 11.5. The van der Waals surface area contributed by atoms with E-state index in [2.05, 4.69) is 30.3 Å². The number of allylic oxidation sites excluding steroid dienone is 1. The van der Waals surface area contributed by atoms with E-state index in [0.29, 0.717) is 18.7 Å². The van der Waals surface area contributed by atoms with Gasteiger partial charge < -0.3 is 10.1 Å². The second kappa shape index (κ2) is 6.96. The fourth-order valence-electron chi connectivity index (χ4n) is 1.52. The third kappa shape index (κ3) is 4.00. The number of hydrogen-bond acceptors (Lipinski definition) is 4. The molecule has 0 amide bonds. The van der Waals surface area contributed by atoms with Crippen LogP contribution in [0.25, 0.3) is 0 Å². The topological polar surface area (TPSA) is 56.1 Å². The predicted octanol–water partition coefficient (Wildman–Crippen LogP) is 1.65. The first-order valence-electron chi connectivity index (χ1n) is 6.08. The van der Waals surface area contributed by atoms with E-state index in [1.165, 1.54) is 5.57 Å². The van der Waals surface area contributed by atoms with Crippen molar-refractivity contribution < 1.29 is 9.53 Å². The van der Waals surface area contributed by atoms with E-state index in [9.17, 15) is 4.79 Å². The van der Waals surface area contributed by atoms with Crippen LogP contribution in [-0.4, -0.2) is 28.9 Å². The Morgan fingerprint density at radius 2 is 2.28 bits per heavy atom. The molecule has 5 heteroatoms. The quantitative estimate of drug-likeness (QED) is 0.474. The van der Waals surface area contributed by atoms with E-state index in [0.717, 1.165) is 12.2 Å². The van der Waals surface area contributed by atoms with Crippen molar-refractivity contribution >= 4 is 5.97 Å². The molecule has 0 aliphatic heterocycles. The van der Waals surface area contributed by atoms with Gasteiger partial charge in [0, 0.05) is 20.1 Å². The molecule has 0 unspecified atom stereocenters. The van der Waals surface area contributed by atoms with Gasteiger partial charge in [-0.3, -0.25) is 4.68 Å². The molecule has 18 heavy (non-hydrogen) atoms. The molecule has 0 fully saturated rings. The molecule has 1 aromatic rings. The maximum atomic E-state index is 11.7. The number of nitrogens with one attached hydrogen (secondary N) is 1. The highest BCUT2D eigenvalue weighted by Crippen LogP contribution is 2.09. The van der Waals surface area contributed by atoms with E-state index >= 15 is 0 Å². The van der Waals surface area contributed by atoms with Gasteiger partial charge in [0.25, 0.3) is 0 Å². The molecule has 0 bridgehead atoms. The monoisotopic (exact) mass is 251 g/mol. The third-order valence-corrected chi connectivity index (χ3v) is 2.50. The lowest BCUT2D eigenvalue weighted by Gasteiger charge is -2.06. The number of aryl methyl sites for hydroxylation is 1. The molecule has 0 saturated carbocycles. The van der Waals surface area contributed by atoms with Crippen LogP contribution in [0.3, 0.4) is 0 Å². The van der Waals surface area contributed by atoms with Crippen molar-refractivity contribution in [3.05, 3.63) is 29.1 Å². The minimum atomic E-state index is -0.315. The Morgan fingerprint density at radius 3 is 2.89 bits per heavy atom. The number of nitrogens with zero attached hydrogens (tertiary/aromatic N) is 2. The van der Waals surface area contributed by atoms with Crippen LogP contribution >= 0.6 is 0 Å². The summed E-state index contributed by atoms with van der Waals surface area (Å²) in [4.78, 5) is 11.7. The molecule has 0 aliphatic carbocycles. The average molecular weight is 251 g/mol. The highest BCUT2D eigenvalue weighted by molar-refractivity contribution is 5.90. The largest absolute Gasteiger partial charge is 0.462 e. The van der Waals surface area contributed by atoms with Gasteiger partial charge >= 0.3 is 5.97 Å². The molecule has 1 rings (SSSR count). The Labute approximate surface area is 108 Å². The van der Waals surface area contributed by atoms with Crippen molar-refractivity contribution in [3.8, 4) is 0 Å². The smallest absolute Gasteiger partial charge is 0.341 e. The van der Waals surface area contributed by atoms with Crippen molar-refractivity contribution in [2.45, 2.75) is 27.3 Å². The molecule has 1 heterocycles. The fourth-order valence-corrected chi connectivity index (χ4v) is 1.52. The van der Waals surface area contributed by atoms with Crippen LogP contribution in [0.4, 0.5) is 0 Å². The van der Waals surface area contributed by atoms with Gasteiger partial charge in [-0.2, -0.15) is 5.10 Å². The van der Waals surface area contributed by atoms with Gasteiger partial charge in [-0.25, -0.2) is 4.79 Å². The molecule has 5 nitrogen and oxygen atoms in total. The summed E-state index contributed by atoms with van der Waals surface area (Å²) in [5.74, 6) is -0.315. The molecule has 0 spiro atoms. The minimum Gasteiger partial charge on any atom is -0.462 e. The van der Waals surface area contributed by atoms with Crippen LogP contribution in [0.1, 0.15) is 36.8 Å². The van der Waals surface area contributed by atoms with Crippen molar-refractivity contribution in [1.29, 1.82) is 0 Å². The van der Waals surface area contributed by atoms with Crippen LogP contribution in [0.2, 0.25) is 0 Å². The summed E-state index contributed by atoms with van der Waals surface area (Å²) in [5, 5.41) is 7.35. The van der Waals surface area contributed by atoms with Gasteiger partial charge in [-0.1, -0.05) is 11.6 Å². The third-order valence-electron chi connectivity index (χ3n) is 2.50. The summed E-state index contributed by atoms with van der Waals surface area (Å²) in [7, 11) is 1.82. The van der Waals surface area contributed by atoms with Crippen LogP contribution in [0.5, 0.6) is 0 Å². The summed E-state index contributed by atoms with van der Waals surface area (Å²) in [6, 6.07) is 0. The summed E-state index contributed by atoms with van der Waals surface area (Å²) in [5.41, 5.74) is 2.64. The second-order valence-corrected chi connectivity index (χ2v) is 4.26. The van der Waals surface area contributed by atoms with Gasteiger partial charge in [-0.05, 0) is 20.8 Å². The molecule has 0 radical (unpaired) electrons. The van der Waals surface area contributed by atoms with Crippen LogP contribution in [0, 0.1) is 0 Å². The van der Waals surface area contributed by atoms with Gasteiger partial charge in [0.15, 0.2) is 0 Å². The van der Waals surface area contributed by atoms with E-state index in [1.807, 2.05) is 7.05 Å². The summed E-state index contributed by atoms with van der Waals surface area (Å²) in [6.07, 6.45) is 3.65. The molecule has 1 aromatic heterocycles. The number of ether oxygens (including phenoxy) is 1. The van der Waals surface area contributed by atoms with Crippen molar-refractivity contribution in [2.24, 2.45) is 7.05 Å². The summed E-state index contributed by atoms with van der Waals surface area (Å²) >= 11 is 0. The predicted molar refractivity (Wildman–Crippen MR) is 70.3 cm³/mol. The Hall–Kier alpha value is -1.62. The first-order chi connectivity index (χ1) is 8.56. The lowest BCUT2D eigenvalue weighted by Crippen LogP contribution is -2.18. The summed E-state index contributed by atoms with van der Waals surface area (Å²) < 4.78 is 6.69. The van der Waals surface area contributed by atoms with Crippen LogP contribution in [-0.2, 0) is 18.3 Å². The highest BCUT2D eigenvalue weighted by Gasteiger charge is 2.16. The molecular formula is C13H21N3O2. The van der Waals surface area contributed by atoms with Gasteiger partial charge in [0.1, 0.15) is 5.56 Å². The molecule has 0 aliphatic rings. The Morgan fingerprint density at radius 1 is 1.56 bits per heavy atom. The van der Waals surface area contributed by atoms with Crippen molar-refractivity contribution in [2.75, 3.05) is 13.2 Å². The van der Waals surface area contributed by atoms with Gasteiger partial charge in [0.05, 0.1) is 18.5 Å². The number of aromatic nitrogens is 2. The number of carbonyl (C=O) groups excluding carboxylic acids is 1. The highest BCUT2D eigenvalue weighted by atomic mass is 16.5. The van der Waals surface area contributed by atoms with E-state index in [1.54, 1.807) is 17.8 Å². The van der Waals surface area contributed by atoms with Crippen LogP contribution < -0.4 is 5.32 Å². The molecular weight excluding hydrogens is 230 g/mol. The number of esters is 1. The standard InChI is InChI=1S/C13H21N3O2/c1-5-18-13(17)11-8-15-16(4)12(11)9-14-7-6-10(2)3/h6,8,14H,5,7,9H2,1-4H3. The fraction of sp³-hybridized carbons (Fsp3) is 0.538. The lowest BCUT2D eigenvalue weighted by molar-refractivity contribution is 0.0524. The summed E-state index contributed by atoms with van der Waals surface area (Å²) in [6.45, 7) is 7.63. The van der Waals surface area contributed by atoms with Crippen molar-refractivity contribution in [3.63, 3.8) is 0 Å². The second-order valence-electron chi connectivity index (χ2n) is 4.26. The first kappa shape index (κ1) is 14.4. The zero-order chi connectivity index (χ0) is 13.5. The average Bonchev–Trinajstić information content (AvgIpc) is 2.66. The molecule has 0 atom stereocenters. The SMILES string of the molecule is CCOC(=O)c1cnn(C)c1CNCC=C(C)C. The Bertz CT molecular complexity index is 431. The number of carbonyl (C=O) groups is 1. The van der Waals surface area contributed by atoms with E-state index in [4.69, 9.17) is 4.74 Å². The Kier molecular flexibility index (Phi) is 5.58. The zero-order valence-electron chi connectivity index (χ0n) is 11.5. The maximum Gasteiger partial charge on any atom is 0.341 e. The van der Waals surface area contributed by atoms with Crippen LogP contribution in [0.15, 0.2) is 17.8 Å². The maximum absolute atomic E-state index is 11.7. The molecule has 1 N–H and O–H groups in total. The first-order valence-corrected chi connectivity index (χ1v) is 6.08. The minimum absolute atomic E-state index is 0.315. The molecule has 0 aromatic carbocycles. The van der Waals surface area contributed by atoms with E-state index < -0.39 is 0 Å². The lowest BCUT2D eigenvalue weighted by atomic mass is 10.2.